The molecule has 0 atom stereocenters. The lowest BCUT2D eigenvalue weighted by Gasteiger charge is -2.13. The molecule has 4 aromatic rings. The van der Waals surface area contributed by atoms with E-state index in [1.54, 1.807) is 0 Å². The normalized spacial score (nSPS) is 14.7. The molecule has 0 spiro atoms. The third-order valence-corrected chi connectivity index (χ3v) is 6.52. The number of rotatable bonds is 3. The molecule has 0 bridgehead atoms. The lowest BCUT2D eigenvalue weighted by Crippen LogP contribution is -2.12. The van der Waals surface area contributed by atoms with E-state index in [-0.39, 0.29) is 12.6 Å². The number of fused-ring (bicyclic) bond motifs is 4. The van der Waals surface area contributed by atoms with Crippen LogP contribution in [0.15, 0.2) is 51.7 Å². The molecule has 5 heteroatoms. The number of ether oxygens (including phenoxy) is 1. The zero-order chi connectivity index (χ0) is 20.9. The number of carbonyl (C=O) groups is 1. The van der Waals surface area contributed by atoms with Crippen molar-refractivity contribution in [3.05, 3.63) is 86.4 Å². The van der Waals surface area contributed by atoms with Gasteiger partial charge in [0.1, 0.15) is 12.2 Å². The van der Waals surface area contributed by atoms with Crippen LogP contribution in [0.2, 0.25) is 0 Å². The van der Waals surface area contributed by atoms with Crippen LogP contribution in [-0.4, -0.2) is 11.0 Å². The van der Waals surface area contributed by atoms with Gasteiger partial charge in [-0.2, -0.15) is 0 Å². The maximum Gasteiger partial charge on any atom is 0.339 e. The summed E-state index contributed by atoms with van der Waals surface area (Å²) in [7, 11) is 0. The summed E-state index contributed by atoms with van der Waals surface area (Å²) in [6.07, 6.45) is 5.86. The molecule has 5 nitrogen and oxygen atoms in total. The average molecular weight is 411 g/mol. The fourth-order valence-electron chi connectivity index (χ4n) is 5.07. The monoisotopic (exact) mass is 411 g/mol. The number of hydrogen-bond acceptors (Lipinski definition) is 5. The molecule has 0 fully saturated rings. The first-order chi connectivity index (χ1) is 15.2. The first-order valence-electron chi connectivity index (χ1n) is 10.8. The number of para-hydroxylation sites is 1. The third-order valence-electron chi connectivity index (χ3n) is 6.52. The smallest absolute Gasteiger partial charge is 0.339 e. The minimum atomic E-state index is -0.424. The Morgan fingerprint density at radius 2 is 1.77 bits per heavy atom. The Balaban J connectivity index is 1.39. The maximum atomic E-state index is 13.2. The molecule has 31 heavy (non-hydrogen) atoms. The lowest BCUT2D eigenvalue weighted by atomic mass is 10.0. The van der Waals surface area contributed by atoms with E-state index in [4.69, 9.17) is 14.1 Å². The van der Waals surface area contributed by atoms with Gasteiger partial charge in [0, 0.05) is 28.1 Å². The van der Waals surface area contributed by atoms with Gasteiger partial charge in [-0.05, 0) is 73.4 Å². The molecular weight excluding hydrogens is 390 g/mol. The van der Waals surface area contributed by atoms with E-state index in [1.165, 1.54) is 17.2 Å². The lowest BCUT2D eigenvalue weighted by molar-refractivity contribution is 0.0475. The molecule has 2 aliphatic rings. The topological polar surface area (TPSA) is 69.4 Å². The summed E-state index contributed by atoms with van der Waals surface area (Å²) in [6, 6.07) is 13.2. The highest BCUT2D eigenvalue weighted by Gasteiger charge is 2.25. The number of hydrogen-bond donors (Lipinski definition) is 0. The van der Waals surface area contributed by atoms with Crippen molar-refractivity contribution in [3.63, 3.8) is 0 Å². The zero-order valence-electron chi connectivity index (χ0n) is 17.1. The van der Waals surface area contributed by atoms with Gasteiger partial charge in [-0.25, -0.2) is 9.59 Å². The standard InChI is InChI=1S/C26H21NO4/c28-24-13-17(20-11-15-5-3-6-16(15)12-23(20)31-24)14-30-26(29)25-18-7-1-2-9-21(18)27-22-10-4-8-19(22)25/h1-2,7,9,11-13H,3-6,8,10,14H2. The molecule has 0 N–H and O–H groups in total. The fourth-order valence-corrected chi connectivity index (χ4v) is 5.07. The van der Waals surface area contributed by atoms with E-state index in [0.717, 1.165) is 66.1 Å². The van der Waals surface area contributed by atoms with Gasteiger partial charge in [0.05, 0.1) is 11.1 Å². The molecule has 0 aliphatic heterocycles. The van der Waals surface area contributed by atoms with Crippen molar-refractivity contribution >= 4 is 27.8 Å². The van der Waals surface area contributed by atoms with Crippen molar-refractivity contribution in [2.75, 3.05) is 0 Å². The first-order valence-corrected chi connectivity index (χ1v) is 10.8. The number of aryl methyl sites for hydroxylation is 3. The number of carbonyl (C=O) groups excluding carboxylic acids is 1. The van der Waals surface area contributed by atoms with E-state index >= 15 is 0 Å². The van der Waals surface area contributed by atoms with E-state index in [1.807, 2.05) is 30.3 Å². The molecule has 0 amide bonds. The number of benzene rings is 2. The van der Waals surface area contributed by atoms with Crippen LogP contribution in [0.1, 0.15) is 51.1 Å². The Labute approximate surface area is 178 Å². The Morgan fingerprint density at radius 3 is 2.68 bits per heavy atom. The van der Waals surface area contributed by atoms with Crippen molar-refractivity contribution in [1.82, 2.24) is 4.98 Å². The van der Waals surface area contributed by atoms with Gasteiger partial charge < -0.3 is 9.15 Å². The Kier molecular flexibility index (Phi) is 4.16. The highest BCUT2D eigenvalue weighted by atomic mass is 16.5. The SMILES string of the molecule is O=C(OCc1cc(=O)oc2cc3c(cc12)CCC3)c1c2c(nc3ccccc13)CCC2. The molecule has 0 saturated carbocycles. The van der Waals surface area contributed by atoms with Crippen LogP contribution >= 0.6 is 0 Å². The van der Waals surface area contributed by atoms with Crippen LogP contribution in [0.5, 0.6) is 0 Å². The van der Waals surface area contributed by atoms with Crippen LogP contribution in [0.25, 0.3) is 21.9 Å². The second-order valence-electron chi connectivity index (χ2n) is 8.42. The van der Waals surface area contributed by atoms with Gasteiger partial charge in [-0.1, -0.05) is 18.2 Å². The van der Waals surface area contributed by atoms with Crippen molar-refractivity contribution < 1.29 is 13.9 Å². The molecule has 6 rings (SSSR count). The Morgan fingerprint density at radius 1 is 0.968 bits per heavy atom. The molecule has 154 valence electrons. The van der Waals surface area contributed by atoms with Crippen LogP contribution in [0, 0.1) is 0 Å². The summed E-state index contributed by atoms with van der Waals surface area (Å²) in [4.78, 5) is 30.1. The molecule has 0 radical (unpaired) electrons. The molecule has 2 aliphatic carbocycles. The van der Waals surface area contributed by atoms with Gasteiger partial charge in [0.2, 0.25) is 0 Å². The number of aromatic nitrogens is 1. The van der Waals surface area contributed by atoms with Crippen molar-refractivity contribution in [3.8, 4) is 0 Å². The zero-order valence-corrected chi connectivity index (χ0v) is 17.1. The molecule has 2 aromatic carbocycles. The summed E-state index contributed by atoms with van der Waals surface area (Å²) in [5, 5.41) is 1.67. The first kappa shape index (κ1) is 18.3. The minimum absolute atomic E-state index is 0.0329. The fraction of sp³-hybridized carbons (Fsp3) is 0.269. The van der Waals surface area contributed by atoms with Crippen LogP contribution in [0.4, 0.5) is 0 Å². The molecule has 0 saturated heterocycles. The van der Waals surface area contributed by atoms with Gasteiger partial charge in [-0.15, -0.1) is 0 Å². The van der Waals surface area contributed by atoms with E-state index in [2.05, 4.69) is 6.07 Å². The van der Waals surface area contributed by atoms with Crippen LogP contribution in [-0.2, 0) is 37.0 Å². The van der Waals surface area contributed by atoms with E-state index in [0.29, 0.717) is 16.7 Å². The van der Waals surface area contributed by atoms with Crippen molar-refractivity contribution in [2.24, 2.45) is 0 Å². The Bertz CT molecular complexity index is 1430. The second-order valence-corrected chi connectivity index (χ2v) is 8.42. The number of nitrogens with zero attached hydrogens (tertiary/aromatic N) is 1. The van der Waals surface area contributed by atoms with Crippen molar-refractivity contribution in [2.45, 2.75) is 45.1 Å². The Hall–Kier alpha value is -3.47. The van der Waals surface area contributed by atoms with E-state index < -0.39 is 5.63 Å². The van der Waals surface area contributed by atoms with Crippen LogP contribution < -0.4 is 5.63 Å². The highest BCUT2D eigenvalue weighted by Crippen LogP contribution is 2.32. The van der Waals surface area contributed by atoms with E-state index in [9.17, 15) is 9.59 Å². The summed E-state index contributed by atoms with van der Waals surface area (Å²) >= 11 is 0. The van der Waals surface area contributed by atoms with Gasteiger partial charge >= 0.3 is 11.6 Å². The predicted octanol–water partition coefficient (Wildman–Crippen LogP) is 4.68. The number of esters is 1. The van der Waals surface area contributed by atoms with Crippen molar-refractivity contribution in [1.29, 1.82) is 0 Å². The quantitative estimate of drug-likeness (QED) is 0.362. The van der Waals surface area contributed by atoms with Gasteiger partial charge in [0.25, 0.3) is 0 Å². The maximum absolute atomic E-state index is 13.2. The summed E-state index contributed by atoms with van der Waals surface area (Å²) in [6.45, 7) is 0.0329. The molecular formula is C26H21NO4. The molecule has 2 aromatic heterocycles. The van der Waals surface area contributed by atoms with Gasteiger partial charge in [0.15, 0.2) is 0 Å². The third kappa shape index (κ3) is 3.03. The second kappa shape index (κ2) is 7.05. The summed E-state index contributed by atoms with van der Waals surface area (Å²) in [5.41, 5.74) is 6.77. The van der Waals surface area contributed by atoms with Gasteiger partial charge in [-0.3, -0.25) is 4.98 Å². The summed E-state index contributed by atoms with van der Waals surface area (Å²) in [5.74, 6) is -0.362. The number of pyridine rings is 1. The summed E-state index contributed by atoms with van der Waals surface area (Å²) < 4.78 is 11.2. The molecule has 0 unspecified atom stereocenters. The average Bonchev–Trinajstić information content (AvgIpc) is 3.42. The van der Waals surface area contributed by atoms with Crippen LogP contribution in [0.3, 0.4) is 0 Å². The highest BCUT2D eigenvalue weighted by molar-refractivity contribution is 6.05. The predicted molar refractivity (Wildman–Crippen MR) is 117 cm³/mol. The largest absolute Gasteiger partial charge is 0.457 e. The minimum Gasteiger partial charge on any atom is -0.457 e. The molecule has 2 heterocycles.